The lowest BCUT2D eigenvalue weighted by Crippen LogP contribution is -2.44. The molecule has 0 aromatic heterocycles. The van der Waals surface area contributed by atoms with Crippen molar-refractivity contribution in [3.05, 3.63) is 36.0 Å². The molecule has 2 nitrogen and oxygen atoms in total. The van der Waals surface area contributed by atoms with Gasteiger partial charge in [0.25, 0.3) is 0 Å². The third kappa shape index (κ3) is 4.58. The SMILES string of the molecule is C[C@H](CC=CC=CC(C)(C)O)C1=CCC[C@H]2[C@@H](O)CCC[C@]12C. The van der Waals surface area contributed by atoms with Crippen LogP contribution >= 0.6 is 0 Å². The van der Waals surface area contributed by atoms with Crippen LogP contribution in [0.2, 0.25) is 0 Å². The Morgan fingerprint density at radius 1 is 1.35 bits per heavy atom. The molecular weight excluding hydrogens is 284 g/mol. The highest BCUT2D eigenvalue weighted by molar-refractivity contribution is 5.24. The quantitative estimate of drug-likeness (QED) is 0.565. The van der Waals surface area contributed by atoms with E-state index in [1.165, 1.54) is 6.42 Å². The lowest BCUT2D eigenvalue weighted by Gasteiger charge is -2.50. The smallest absolute Gasteiger partial charge is 0.0774 e. The van der Waals surface area contributed by atoms with Crippen molar-refractivity contribution in [2.75, 3.05) is 0 Å². The highest BCUT2D eigenvalue weighted by Crippen LogP contribution is 2.53. The fourth-order valence-electron chi connectivity index (χ4n) is 4.55. The van der Waals surface area contributed by atoms with Gasteiger partial charge in [-0.1, -0.05) is 49.8 Å². The first-order valence-electron chi connectivity index (χ1n) is 9.19. The topological polar surface area (TPSA) is 40.5 Å². The Morgan fingerprint density at radius 3 is 2.78 bits per heavy atom. The van der Waals surface area contributed by atoms with E-state index in [9.17, 15) is 10.2 Å². The second-order valence-corrected chi connectivity index (χ2v) is 8.30. The molecule has 0 spiro atoms. The van der Waals surface area contributed by atoms with Crippen molar-refractivity contribution < 1.29 is 10.2 Å². The average molecular weight is 319 g/mol. The van der Waals surface area contributed by atoms with Gasteiger partial charge in [-0.15, -0.1) is 0 Å². The lowest BCUT2D eigenvalue weighted by molar-refractivity contribution is -0.0128. The first-order valence-corrected chi connectivity index (χ1v) is 9.19. The van der Waals surface area contributed by atoms with E-state index in [1.807, 2.05) is 18.2 Å². The third-order valence-electron chi connectivity index (χ3n) is 5.75. The summed E-state index contributed by atoms with van der Waals surface area (Å²) in [5.74, 6) is 0.956. The molecule has 0 amide bonds. The highest BCUT2D eigenvalue weighted by atomic mass is 16.3. The predicted molar refractivity (Wildman–Crippen MR) is 97.1 cm³/mol. The molecule has 0 bridgehead atoms. The fourth-order valence-corrected chi connectivity index (χ4v) is 4.55. The minimum Gasteiger partial charge on any atom is -0.393 e. The maximum absolute atomic E-state index is 10.4. The first-order chi connectivity index (χ1) is 10.7. The molecule has 0 aliphatic heterocycles. The molecule has 0 unspecified atom stereocenters. The molecule has 2 rings (SSSR count). The van der Waals surface area contributed by atoms with Crippen molar-refractivity contribution in [2.24, 2.45) is 17.3 Å². The number of hydrogen-bond donors (Lipinski definition) is 2. The number of aliphatic hydroxyl groups is 2. The van der Waals surface area contributed by atoms with E-state index in [2.05, 4.69) is 26.0 Å². The van der Waals surface area contributed by atoms with Crippen molar-refractivity contribution in [3.63, 3.8) is 0 Å². The van der Waals surface area contributed by atoms with E-state index in [0.29, 0.717) is 11.8 Å². The van der Waals surface area contributed by atoms with Crippen molar-refractivity contribution in [2.45, 2.75) is 77.9 Å². The molecule has 0 heterocycles. The number of fused-ring (bicyclic) bond motifs is 1. The van der Waals surface area contributed by atoms with Gasteiger partial charge in [0.15, 0.2) is 0 Å². The van der Waals surface area contributed by atoms with Gasteiger partial charge >= 0.3 is 0 Å². The average Bonchev–Trinajstić information content (AvgIpc) is 2.44. The van der Waals surface area contributed by atoms with E-state index >= 15 is 0 Å². The molecule has 1 saturated carbocycles. The highest BCUT2D eigenvalue weighted by Gasteiger charge is 2.46. The molecule has 2 aliphatic carbocycles. The van der Waals surface area contributed by atoms with Gasteiger partial charge in [0.05, 0.1) is 11.7 Å². The Kier molecular flexibility index (Phi) is 5.91. The monoisotopic (exact) mass is 318 g/mol. The Balaban J connectivity index is 2.01. The van der Waals surface area contributed by atoms with Gasteiger partial charge in [0.1, 0.15) is 0 Å². The number of allylic oxidation sites excluding steroid dienone is 5. The third-order valence-corrected chi connectivity index (χ3v) is 5.75. The van der Waals surface area contributed by atoms with Crippen LogP contribution in [0.5, 0.6) is 0 Å². The predicted octanol–water partition coefficient (Wildman–Crippen LogP) is 4.78. The summed E-state index contributed by atoms with van der Waals surface area (Å²) >= 11 is 0. The zero-order valence-corrected chi connectivity index (χ0v) is 15.3. The van der Waals surface area contributed by atoms with Crippen molar-refractivity contribution in [1.29, 1.82) is 0 Å². The molecule has 23 heavy (non-hydrogen) atoms. The number of aliphatic hydroxyl groups excluding tert-OH is 1. The summed E-state index contributed by atoms with van der Waals surface area (Å²) in [5, 5.41) is 20.1. The molecule has 2 N–H and O–H groups in total. The maximum Gasteiger partial charge on any atom is 0.0774 e. The second-order valence-electron chi connectivity index (χ2n) is 8.30. The molecule has 130 valence electrons. The molecule has 0 aromatic rings. The van der Waals surface area contributed by atoms with Crippen LogP contribution in [0, 0.1) is 17.3 Å². The normalized spacial score (nSPS) is 33.7. The van der Waals surface area contributed by atoms with E-state index in [0.717, 1.165) is 32.1 Å². The van der Waals surface area contributed by atoms with E-state index < -0.39 is 5.60 Å². The molecule has 4 atom stereocenters. The summed E-state index contributed by atoms with van der Waals surface area (Å²) in [4.78, 5) is 0. The van der Waals surface area contributed by atoms with E-state index in [4.69, 9.17) is 0 Å². The molecular formula is C21H34O2. The van der Waals surface area contributed by atoms with Gasteiger partial charge in [0, 0.05) is 0 Å². The minimum absolute atomic E-state index is 0.116. The van der Waals surface area contributed by atoms with Gasteiger partial charge in [-0.3, -0.25) is 0 Å². The van der Waals surface area contributed by atoms with Crippen molar-refractivity contribution in [1.82, 2.24) is 0 Å². The standard InChI is InChI=1S/C21H34O2/c1-16(10-6-5-7-14-20(2,3)23)17-11-8-12-18-19(22)13-9-15-21(17,18)4/h5-7,11,14,16,18-19,22-23H,8-10,12-13,15H2,1-4H3/t16-,18+,19+,21-/m1/s1. The lowest BCUT2D eigenvalue weighted by atomic mass is 9.56. The van der Waals surface area contributed by atoms with Crippen LogP contribution in [0.15, 0.2) is 36.0 Å². The first kappa shape index (κ1) is 18.5. The summed E-state index contributed by atoms with van der Waals surface area (Å²) < 4.78 is 0. The summed E-state index contributed by atoms with van der Waals surface area (Å²) in [6.07, 6.45) is 16.9. The Morgan fingerprint density at radius 2 is 2.09 bits per heavy atom. The summed E-state index contributed by atoms with van der Waals surface area (Å²) in [7, 11) is 0. The van der Waals surface area contributed by atoms with Gasteiger partial charge in [0.2, 0.25) is 0 Å². The molecule has 0 saturated heterocycles. The van der Waals surface area contributed by atoms with Crippen LogP contribution in [-0.4, -0.2) is 21.9 Å². The summed E-state index contributed by atoms with van der Waals surface area (Å²) in [6.45, 7) is 8.24. The summed E-state index contributed by atoms with van der Waals surface area (Å²) in [6, 6.07) is 0. The van der Waals surface area contributed by atoms with E-state index in [1.54, 1.807) is 19.4 Å². The van der Waals surface area contributed by atoms with Crippen LogP contribution in [-0.2, 0) is 0 Å². The van der Waals surface area contributed by atoms with Crippen LogP contribution < -0.4 is 0 Å². The minimum atomic E-state index is -0.749. The Labute approximate surface area is 142 Å². The molecule has 0 radical (unpaired) electrons. The zero-order valence-electron chi connectivity index (χ0n) is 15.3. The van der Waals surface area contributed by atoms with Gasteiger partial charge in [-0.25, -0.2) is 0 Å². The number of hydrogen-bond acceptors (Lipinski definition) is 2. The number of rotatable bonds is 5. The Hall–Kier alpha value is -0.860. The largest absolute Gasteiger partial charge is 0.393 e. The molecule has 1 fully saturated rings. The van der Waals surface area contributed by atoms with Crippen LogP contribution in [0.25, 0.3) is 0 Å². The van der Waals surface area contributed by atoms with Gasteiger partial charge < -0.3 is 10.2 Å². The maximum atomic E-state index is 10.4. The van der Waals surface area contributed by atoms with Crippen LogP contribution in [0.4, 0.5) is 0 Å². The van der Waals surface area contributed by atoms with Gasteiger partial charge in [-0.2, -0.15) is 0 Å². The molecule has 0 aromatic carbocycles. The Bertz CT molecular complexity index is 481. The molecule has 2 heteroatoms. The second kappa shape index (κ2) is 7.36. The van der Waals surface area contributed by atoms with Crippen molar-refractivity contribution in [3.8, 4) is 0 Å². The van der Waals surface area contributed by atoms with Crippen molar-refractivity contribution >= 4 is 0 Å². The molecule has 2 aliphatic rings. The van der Waals surface area contributed by atoms with E-state index in [-0.39, 0.29) is 11.5 Å². The van der Waals surface area contributed by atoms with Crippen LogP contribution in [0.1, 0.15) is 66.2 Å². The van der Waals surface area contributed by atoms with Crippen LogP contribution in [0.3, 0.4) is 0 Å². The van der Waals surface area contributed by atoms with Gasteiger partial charge in [-0.05, 0) is 69.6 Å². The fraction of sp³-hybridized carbons (Fsp3) is 0.714. The summed E-state index contributed by atoms with van der Waals surface area (Å²) in [5.41, 5.74) is 0.996. The zero-order chi connectivity index (χ0) is 17.1.